The number of carbonyl (C=O) groups is 2. The number of rotatable bonds is 6. The van der Waals surface area contributed by atoms with Crippen molar-refractivity contribution in [3.63, 3.8) is 0 Å². The molecule has 1 saturated carbocycles. The predicted octanol–water partition coefficient (Wildman–Crippen LogP) is 4.01. The minimum absolute atomic E-state index is 0.0865. The Morgan fingerprint density at radius 2 is 1.87 bits per heavy atom. The number of carbonyl (C=O) groups excluding carboxylic acids is 2. The van der Waals surface area contributed by atoms with Crippen LogP contribution in [-0.4, -0.2) is 47.4 Å². The molecule has 1 aliphatic heterocycles. The molecular weight excluding hydrogens is 408 g/mol. The average Bonchev–Trinajstić information content (AvgIpc) is 3.48. The maximum absolute atomic E-state index is 12.8. The summed E-state index contributed by atoms with van der Waals surface area (Å²) in [5, 5.41) is 7.11. The van der Waals surface area contributed by atoms with Crippen LogP contribution in [0.2, 0.25) is 0 Å². The number of fused-ring (bicyclic) bond motifs is 1. The van der Waals surface area contributed by atoms with Crippen molar-refractivity contribution < 1.29 is 9.59 Å². The van der Waals surface area contributed by atoms with Crippen LogP contribution in [0.15, 0.2) is 48.5 Å². The maximum atomic E-state index is 12.8. The third kappa shape index (κ3) is 4.78. The van der Waals surface area contributed by atoms with Gasteiger partial charge >= 0.3 is 0 Å². The summed E-state index contributed by atoms with van der Waals surface area (Å²) in [4.78, 5) is 32.3. The quantitative estimate of drug-likeness (QED) is 0.615. The van der Waals surface area contributed by atoms with Gasteiger partial charge < -0.3 is 10.6 Å². The van der Waals surface area contributed by atoms with E-state index in [1.807, 2.05) is 24.3 Å². The number of para-hydroxylation sites is 2. The van der Waals surface area contributed by atoms with E-state index in [-0.39, 0.29) is 17.9 Å². The van der Waals surface area contributed by atoms with Gasteiger partial charge in [0.05, 0.1) is 33.0 Å². The van der Waals surface area contributed by atoms with Gasteiger partial charge in [0.1, 0.15) is 0 Å². The highest BCUT2D eigenvalue weighted by Gasteiger charge is 2.27. The molecule has 2 heterocycles. The molecule has 0 unspecified atom stereocenters. The number of anilines is 1. The van der Waals surface area contributed by atoms with E-state index in [1.54, 1.807) is 23.5 Å². The van der Waals surface area contributed by atoms with E-state index in [2.05, 4.69) is 27.7 Å². The van der Waals surface area contributed by atoms with Crippen LogP contribution in [0.25, 0.3) is 10.2 Å². The molecule has 6 nitrogen and oxygen atoms in total. The van der Waals surface area contributed by atoms with Crippen molar-refractivity contribution in [2.75, 3.05) is 25.0 Å². The Hall–Kier alpha value is -2.77. The summed E-state index contributed by atoms with van der Waals surface area (Å²) < 4.78 is 1.22. The van der Waals surface area contributed by atoms with Gasteiger partial charge in [0.15, 0.2) is 0 Å². The van der Waals surface area contributed by atoms with Gasteiger partial charge in [0.25, 0.3) is 5.91 Å². The molecule has 5 rings (SSSR count). The van der Waals surface area contributed by atoms with Crippen molar-refractivity contribution in [1.29, 1.82) is 0 Å². The van der Waals surface area contributed by atoms with Crippen molar-refractivity contribution in [3.8, 4) is 0 Å². The van der Waals surface area contributed by atoms with Crippen molar-refractivity contribution in [3.05, 3.63) is 59.1 Å². The molecule has 0 spiro atoms. The summed E-state index contributed by atoms with van der Waals surface area (Å²) >= 11 is 1.76. The Kier molecular flexibility index (Phi) is 5.70. The van der Waals surface area contributed by atoms with Crippen LogP contribution in [-0.2, 0) is 4.79 Å². The number of hydrogen-bond donors (Lipinski definition) is 2. The molecule has 2 fully saturated rings. The SMILES string of the molecule is O=C(CN1CCC[C@@H](c2nc3ccccc3s2)C1)Nc1ccccc1C(=O)NC1CC1. The first-order valence-corrected chi connectivity index (χ1v) is 11.7. The highest BCUT2D eigenvalue weighted by atomic mass is 32.1. The van der Waals surface area contributed by atoms with Gasteiger partial charge in [-0.25, -0.2) is 4.98 Å². The normalized spacial score (nSPS) is 19.3. The fourth-order valence-corrected chi connectivity index (χ4v) is 5.23. The summed E-state index contributed by atoms with van der Waals surface area (Å²) in [6, 6.07) is 15.7. The molecule has 2 aliphatic rings. The first-order valence-electron chi connectivity index (χ1n) is 10.9. The Labute approximate surface area is 185 Å². The van der Waals surface area contributed by atoms with E-state index in [9.17, 15) is 9.59 Å². The number of amides is 2. The van der Waals surface area contributed by atoms with Crippen LogP contribution in [0.4, 0.5) is 5.69 Å². The Balaban J connectivity index is 1.22. The number of hydrogen-bond acceptors (Lipinski definition) is 5. The van der Waals surface area contributed by atoms with Crippen LogP contribution in [0.1, 0.15) is 47.0 Å². The number of benzene rings is 2. The monoisotopic (exact) mass is 434 g/mol. The lowest BCUT2D eigenvalue weighted by molar-refractivity contribution is -0.117. The minimum Gasteiger partial charge on any atom is -0.349 e. The lowest BCUT2D eigenvalue weighted by Crippen LogP contribution is -2.40. The first kappa shape index (κ1) is 20.2. The van der Waals surface area contributed by atoms with Gasteiger partial charge in [-0.1, -0.05) is 24.3 Å². The van der Waals surface area contributed by atoms with Gasteiger partial charge in [0.2, 0.25) is 5.91 Å². The maximum Gasteiger partial charge on any atom is 0.253 e. The minimum atomic E-state index is -0.118. The van der Waals surface area contributed by atoms with Crippen molar-refractivity contribution in [2.45, 2.75) is 37.6 Å². The predicted molar refractivity (Wildman–Crippen MR) is 124 cm³/mol. The summed E-state index contributed by atoms with van der Waals surface area (Å²) in [5.74, 6) is 0.152. The lowest BCUT2D eigenvalue weighted by Gasteiger charge is -2.31. The summed E-state index contributed by atoms with van der Waals surface area (Å²) in [6.07, 6.45) is 4.21. The van der Waals surface area contributed by atoms with Crippen molar-refractivity contribution in [2.24, 2.45) is 0 Å². The van der Waals surface area contributed by atoms with E-state index in [0.717, 1.165) is 49.3 Å². The van der Waals surface area contributed by atoms with Crippen LogP contribution in [0, 0.1) is 0 Å². The molecule has 0 bridgehead atoms. The number of thiazole rings is 1. The molecule has 7 heteroatoms. The molecule has 2 N–H and O–H groups in total. The molecule has 1 aromatic heterocycles. The van der Waals surface area contributed by atoms with Crippen LogP contribution in [0.3, 0.4) is 0 Å². The summed E-state index contributed by atoms with van der Waals surface area (Å²) in [6.45, 7) is 2.05. The zero-order valence-electron chi connectivity index (χ0n) is 17.3. The van der Waals surface area contributed by atoms with Gasteiger partial charge in [-0.15, -0.1) is 11.3 Å². The van der Waals surface area contributed by atoms with Crippen molar-refractivity contribution >= 4 is 39.1 Å². The summed E-state index contributed by atoms with van der Waals surface area (Å²) in [7, 11) is 0. The second-order valence-electron chi connectivity index (χ2n) is 8.44. The van der Waals surface area contributed by atoms with Crippen LogP contribution < -0.4 is 10.6 Å². The van der Waals surface area contributed by atoms with Crippen LogP contribution in [0.5, 0.6) is 0 Å². The lowest BCUT2D eigenvalue weighted by atomic mass is 9.99. The highest BCUT2D eigenvalue weighted by Crippen LogP contribution is 2.33. The second kappa shape index (κ2) is 8.77. The molecule has 31 heavy (non-hydrogen) atoms. The van der Waals surface area contributed by atoms with E-state index in [1.165, 1.54) is 4.70 Å². The largest absolute Gasteiger partial charge is 0.349 e. The molecule has 0 radical (unpaired) electrons. The molecule has 2 amide bonds. The van der Waals surface area contributed by atoms with E-state index < -0.39 is 0 Å². The number of nitrogens with one attached hydrogen (secondary N) is 2. The molecule has 160 valence electrons. The second-order valence-corrected chi connectivity index (χ2v) is 9.50. The summed E-state index contributed by atoms with van der Waals surface area (Å²) in [5.41, 5.74) is 2.15. The molecule has 1 saturated heterocycles. The van der Waals surface area contributed by atoms with E-state index in [4.69, 9.17) is 4.98 Å². The molecule has 2 aromatic carbocycles. The molecule has 1 atom stereocenters. The number of nitrogens with zero attached hydrogens (tertiary/aromatic N) is 2. The fourth-order valence-electron chi connectivity index (χ4n) is 4.14. The third-order valence-corrected chi connectivity index (χ3v) is 7.09. The van der Waals surface area contributed by atoms with Crippen molar-refractivity contribution in [1.82, 2.24) is 15.2 Å². The Bertz CT molecular complexity index is 1070. The zero-order chi connectivity index (χ0) is 21.2. The molecular formula is C24H26N4O2S. The molecule has 3 aromatic rings. The smallest absolute Gasteiger partial charge is 0.253 e. The number of aromatic nitrogens is 1. The fraction of sp³-hybridized carbons (Fsp3) is 0.375. The topological polar surface area (TPSA) is 74.3 Å². The zero-order valence-corrected chi connectivity index (χ0v) is 18.2. The van der Waals surface area contributed by atoms with Gasteiger partial charge in [-0.05, 0) is 56.5 Å². The highest BCUT2D eigenvalue weighted by molar-refractivity contribution is 7.18. The van der Waals surface area contributed by atoms with Gasteiger partial charge in [-0.2, -0.15) is 0 Å². The van der Waals surface area contributed by atoms with Gasteiger partial charge in [0, 0.05) is 18.5 Å². The van der Waals surface area contributed by atoms with E-state index in [0.29, 0.717) is 23.7 Å². The van der Waals surface area contributed by atoms with Crippen LogP contribution >= 0.6 is 11.3 Å². The molecule has 1 aliphatic carbocycles. The number of piperidine rings is 1. The first-order chi connectivity index (χ1) is 15.2. The Morgan fingerprint density at radius 3 is 2.71 bits per heavy atom. The number of likely N-dealkylation sites (tertiary alicyclic amines) is 1. The van der Waals surface area contributed by atoms with E-state index >= 15 is 0 Å². The Morgan fingerprint density at radius 1 is 1.06 bits per heavy atom. The van der Waals surface area contributed by atoms with Gasteiger partial charge in [-0.3, -0.25) is 14.5 Å². The standard InChI is InChI=1S/C24H26N4O2S/c29-22(26-19-8-2-1-7-18(19)23(30)25-17-11-12-17)15-28-13-5-6-16(14-28)24-27-20-9-3-4-10-21(20)31-24/h1-4,7-10,16-17H,5-6,11-15H2,(H,25,30)(H,26,29)/t16-/m1/s1. The third-order valence-electron chi connectivity index (χ3n) is 5.89. The average molecular weight is 435 g/mol.